The maximum absolute atomic E-state index is 9.11. The molecule has 2 atom stereocenters. The van der Waals surface area contributed by atoms with Gasteiger partial charge in [0.25, 0.3) is 0 Å². The van der Waals surface area contributed by atoms with Crippen molar-refractivity contribution < 1.29 is 9.47 Å². The molecule has 0 aromatic carbocycles. The van der Waals surface area contributed by atoms with Gasteiger partial charge in [0.05, 0.1) is 25.4 Å². The molecule has 0 aliphatic rings. The molecule has 0 heterocycles. The van der Waals surface area contributed by atoms with Crippen LogP contribution in [0.25, 0.3) is 0 Å². The zero-order chi connectivity index (χ0) is 13.1. The minimum atomic E-state index is -0.502. The highest BCUT2D eigenvalue weighted by Gasteiger charge is 2.25. The Balaban J connectivity index is 3.76. The third kappa shape index (κ3) is 8.14. The van der Waals surface area contributed by atoms with E-state index in [0.717, 1.165) is 19.6 Å². The highest BCUT2D eigenvalue weighted by atomic mass is 16.5. The predicted octanol–water partition coefficient (Wildman–Crippen LogP) is 2.10. The van der Waals surface area contributed by atoms with Crippen LogP contribution >= 0.6 is 0 Å². The van der Waals surface area contributed by atoms with E-state index in [2.05, 4.69) is 18.3 Å². The molecule has 0 saturated heterocycles. The number of hydrogen-bond donors (Lipinski definition) is 1. The van der Waals surface area contributed by atoms with Gasteiger partial charge in [0.1, 0.15) is 5.54 Å². The van der Waals surface area contributed by atoms with E-state index in [1.807, 2.05) is 20.8 Å². The molecule has 0 aliphatic carbocycles. The van der Waals surface area contributed by atoms with E-state index >= 15 is 0 Å². The molecule has 0 saturated carbocycles. The zero-order valence-corrected chi connectivity index (χ0v) is 11.6. The van der Waals surface area contributed by atoms with Crippen molar-refractivity contribution in [2.24, 2.45) is 0 Å². The molecule has 0 amide bonds. The maximum atomic E-state index is 9.11. The SMILES string of the molecule is CCCOCCOC(C)CC(C)(C#N)NCC. The fourth-order valence-electron chi connectivity index (χ4n) is 1.74. The van der Waals surface area contributed by atoms with E-state index in [4.69, 9.17) is 14.7 Å². The van der Waals surface area contributed by atoms with Crippen molar-refractivity contribution in [3.8, 4) is 6.07 Å². The average Bonchev–Trinajstić information content (AvgIpc) is 2.29. The van der Waals surface area contributed by atoms with Crippen molar-refractivity contribution in [3.05, 3.63) is 0 Å². The Bertz CT molecular complexity index is 228. The van der Waals surface area contributed by atoms with Gasteiger partial charge in [-0.05, 0) is 26.8 Å². The van der Waals surface area contributed by atoms with E-state index in [1.54, 1.807) is 0 Å². The Morgan fingerprint density at radius 3 is 2.53 bits per heavy atom. The Morgan fingerprint density at radius 2 is 2.00 bits per heavy atom. The van der Waals surface area contributed by atoms with Gasteiger partial charge in [-0.3, -0.25) is 5.32 Å². The lowest BCUT2D eigenvalue weighted by molar-refractivity contribution is 0.00277. The number of hydrogen-bond acceptors (Lipinski definition) is 4. The van der Waals surface area contributed by atoms with E-state index in [1.165, 1.54) is 0 Å². The van der Waals surface area contributed by atoms with Crippen LogP contribution in [0.4, 0.5) is 0 Å². The highest BCUT2D eigenvalue weighted by Crippen LogP contribution is 2.13. The number of rotatable bonds is 10. The summed E-state index contributed by atoms with van der Waals surface area (Å²) in [5.74, 6) is 0. The summed E-state index contributed by atoms with van der Waals surface area (Å²) in [4.78, 5) is 0. The smallest absolute Gasteiger partial charge is 0.106 e. The van der Waals surface area contributed by atoms with Gasteiger partial charge >= 0.3 is 0 Å². The summed E-state index contributed by atoms with van der Waals surface area (Å²) in [6, 6.07) is 2.30. The molecule has 0 aromatic heterocycles. The fourth-order valence-corrected chi connectivity index (χ4v) is 1.74. The lowest BCUT2D eigenvalue weighted by Crippen LogP contribution is -2.43. The second kappa shape index (κ2) is 9.41. The molecule has 100 valence electrons. The van der Waals surface area contributed by atoms with Gasteiger partial charge in [0.2, 0.25) is 0 Å². The first-order valence-electron chi connectivity index (χ1n) is 6.43. The summed E-state index contributed by atoms with van der Waals surface area (Å²) in [7, 11) is 0. The molecule has 4 heteroatoms. The third-order valence-corrected chi connectivity index (χ3v) is 2.49. The first kappa shape index (κ1) is 16.4. The number of nitriles is 1. The molecule has 0 aliphatic heterocycles. The largest absolute Gasteiger partial charge is 0.379 e. The molecule has 0 fully saturated rings. The molecule has 0 bridgehead atoms. The lowest BCUT2D eigenvalue weighted by Gasteiger charge is -2.26. The van der Waals surface area contributed by atoms with Gasteiger partial charge in [0, 0.05) is 13.0 Å². The standard InChI is InChI=1S/C13H26N2O2/c1-5-7-16-8-9-17-12(3)10-13(4,11-14)15-6-2/h12,15H,5-10H2,1-4H3. The topological polar surface area (TPSA) is 54.3 Å². The molecular formula is C13H26N2O2. The van der Waals surface area contributed by atoms with Crippen LogP contribution in [-0.2, 0) is 9.47 Å². The van der Waals surface area contributed by atoms with Crippen LogP contribution in [-0.4, -0.2) is 38.0 Å². The maximum Gasteiger partial charge on any atom is 0.106 e. The molecule has 0 rings (SSSR count). The van der Waals surface area contributed by atoms with E-state index in [9.17, 15) is 0 Å². The quantitative estimate of drug-likeness (QED) is 0.596. The molecule has 0 spiro atoms. The predicted molar refractivity (Wildman–Crippen MR) is 68.8 cm³/mol. The van der Waals surface area contributed by atoms with Gasteiger partial charge in [0.15, 0.2) is 0 Å². The summed E-state index contributed by atoms with van der Waals surface area (Å²) in [5, 5.41) is 12.3. The van der Waals surface area contributed by atoms with E-state index in [0.29, 0.717) is 19.6 Å². The van der Waals surface area contributed by atoms with Gasteiger partial charge in [-0.1, -0.05) is 13.8 Å². The molecule has 17 heavy (non-hydrogen) atoms. The summed E-state index contributed by atoms with van der Waals surface area (Å²) in [5.41, 5.74) is -0.502. The Labute approximate surface area is 105 Å². The number of nitrogens with zero attached hydrogens (tertiary/aromatic N) is 1. The van der Waals surface area contributed by atoms with Gasteiger partial charge in [-0.25, -0.2) is 0 Å². The minimum Gasteiger partial charge on any atom is -0.379 e. The van der Waals surface area contributed by atoms with Gasteiger partial charge < -0.3 is 9.47 Å². The van der Waals surface area contributed by atoms with Crippen LogP contribution in [0.2, 0.25) is 0 Å². The van der Waals surface area contributed by atoms with Gasteiger partial charge in [-0.2, -0.15) is 5.26 Å². The zero-order valence-electron chi connectivity index (χ0n) is 11.6. The van der Waals surface area contributed by atoms with Crippen LogP contribution in [0.15, 0.2) is 0 Å². The van der Waals surface area contributed by atoms with Crippen molar-refractivity contribution in [1.29, 1.82) is 5.26 Å². The van der Waals surface area contributed by atoms with E-state index < -0.39 is 5.54 Å². The Morgan fingerprint density at radius 1 is 1.29 bits per heavy atom. The molecular weight excluding hydrogens is 216 g/mol. The van der Waals surface area contributed by atoms with Crippen molar-refractivity contribution in [3.63, 3.8) is 0 Å². The lowest BCUT2D eigenvalue weighted by atomic mass is 9.96. The fraction of sp³-hybridized carbons (Fsp3) is 0.923. The highest BCUT2D eigenvalue weighted by molar-refractivity contribution is 5.04. The third-order valence-electron chi connectivity index (χ3n) is 2.49. The molecule has 0 radical (unpaired) electrons. The Kier molecular flexibility index (Phi) is 9.06. The Hall–Kier alpha value is -0.630. The van der Waals surface area contributed by atoms with Crippen LogP contribution in [0.5, 0.6) is 0 Å². The second-order valence-electron chi connectivity index (χ2n) is 4.47. The van der Waals surface area contributed by atoms with Crippen molar-refractivity contribution in [2.75, 3.05) is 26.4 Å². The van der Waals surface area contributed by atoms with Crippen LogP contribution < -0.4 is 5.32 Å². The van der Waals surface area contributed by atoms with Crippen molar-refractivity contribution in [1.82, 2.24) is 5.32 Å². The van der Waals surface area contributed by atoms with Gasteiger partial charge in [-0.15, -0.1) is 0 Å². The summed E-state index contributed by atoms with van der Waals surface area (Å²) < 4.78 is 10.9. The molecule has 0 aromatic rings. The minimum absolute atomic E-state index is 0.0592. The molecule has 2 unspecified atom stereocenters. The number of ether oxygens (including phenoxy) is 2. The first-order valence-corrected chi connectivity index (χ1v) is 6.43. The van der Waals surface area contributed by atoms with Crippen molar-refractivity contribution in [2.45, 2.75) is 52.2 Å². The first-order chi connectivity index (χ1) is 8.08. The van der Waals surface area contributed by atoms with Crippen LogP contribution in [0.3, 0.4) is 0 Å². The normalized spacial score (nSPS) is 16.2. The van der Waals surface area contributed by atoms with E-state index in [-0.39, 0.29) is 6.10 Å². The molecule has 1 N–H and O–H groups in total. The van der Waals surface area contributed by atoms with Crippen LogP contribution in [0, 0.1) is 11.3 Å². The summed E-state index contributed by atoms with van der Waals surface area (Å²) >= 11 is 0. The molecule has 4 nitrogen and oxygen atoms in total. The number of nitrogens with one attached hydrogen (secondary N) is 1. The van der Waals surface area contributed by atoms with Crippen molar-refractivity contribution >= 4 is 0 Å². The van der Waals surface area contributed by atoms with Crippen LogP contribution in [0.1, 0.15) is 40.5 Å². The monoisotopic (exact) mass is 242 g/mol. The summed E-state index contributed by atoms with van der Waals surface area (Å²) in [6.07, 6.45) is 1.78. The summed E-state index contributed by atoms with van der Waals surface area (Å²) in [6.45, 7) is 10.8. The average molecular weight is 242 g/mol. The second-order valence-corrected chi connectivity index (χ2v) is 4.47.